The lowest BCUT2D eigenvalue weighted by Crippen LogP contribution is -2.54. The van der Waals surface area contributed by atoms with Crippen LogP contribution in [0.5, 0.6) is 0 Å². The molecule has 12 nitrogen and oxygen atoms in total. The molecule has 2 amide bonds. The predicted molar refractivity (Wildman–Crippen MR) is 181 cm³/mol. The highest BCUT2D eigenvalue weighted by atomic mass is 35.5. The Labute approximate surface area is 309 Å². The molecule has 0 saturated carbocycles. The molecule has 0 bridgehead atoms. The minimum atomic E-state index is -4.86. The summed E-state index contributed by atoms with van der Waals surface area (Å²) in [5.74, 6) is -1.57. The first kappa shape index (κ1) is 40.0. The van der Waals surface area contributed by atoms with Crippen LogP contribution in [0, 0.1) is 10.8 Å². The van der Waals surface area contributed by atoms with Gasteiger partial charge in [-0.1, -0.05) is 62.7 Å². The molecule has 1 saturated heterocycles. The SMILES string of the molecule is CC(C)(C)C[C@]1(c2ccc(-c3cnn(C(F)F)c3)cc2)NC(=N)N([C@H](COC(=O)NC(C)(C)C(F)(F)F)c2ccc(Cl)c(-c3ncnn3C(F)F)c2)C1=O. The van der Waals surface area contributed by atoms with Gasteiger partial charge in [0.25, 0.3) is 5.91 Å². The maximum atomic E-state index is 14.9. The molecule has 290 valence electrons. The van der Waals surface area contributed by atoms with Crippen molar-refractivity contribution in [3.63, 3.8) is 0 Å². The largest absolute Gasteiger partial charge is 0.447 e. The van der Waals surface area contributed by atoms with Crippen LogP contribution in [0.4, 0.5) is 35.5 Å². The third kappa shape index (κ3) is 8.00. The minimum absolute atomic E-state index is 0.0554. The number of carbonyl (C=O) groups is 2. The van der Waals surface area contributed by atoms with Gasteiger partial charge < -0.3 is 15.4 Å². The zero-order valence-electron chi connectivity index (χ0n) is 29.4. The Kier molecular flexibility index (Phi) is 10.8. The molecule has 0 unspecified atom stereocenters. The lowest BCUT2D eigenvalue weighted by atomic mass is 9.75. The van der Waals surface area contributed by atoms with E-state index in [4.69, 9.17) is 21.7 Å². The maximum Gasteiger partial charge on any atom is 0.411 e. The van der Waals surface area contributed by atoms with E-state index in [1.54, 1.807) is 29.6 Å². The molecule has 1 fully saturated rings. The van der Waals surface area contributed by atoms with Crippen molar-refractivity contribution in [2.24, 2.45) is 5.41 Å². The second-order valence-electron chi connectivity index (χ2n) is 14.3. The summed E-state index contributed by atoms with van der Waals surface area (Å²) in [4.78, 5) is 32.5. The van der Waals surface area contributed by atoms with Gasteiger partial charge in [0, 0.05) is 17.3 Å². The van der Waals surface area contributed by atoms with E-state index in [0.29, 0.717) is 26.1 Å². The molecule has 20 heteroatoms. The molecule has 2 aromatic carbocycles. The third-order valence-electron chi connectivity index (χ3n) is 8.65. The van der Waals surface area contributed by atoms with Crippen molar-refractivity contribution >= 4 is 29.6 Å². The lowest BCUT2D eigenvalue weighted by Gasteiger charge is -2.35. The van der Waals surface area contributed by atoms with E-state index in [2.05, 4.69) is 20.5 Å². The molecule has 1 aliphatic rings. The van der Waals surface area contributed by atoms with Crippen LogP contribution in [-0.2, 0) is 15.1 Å². The molecule has 0 radical (unpaired) electrons. The highest BCUT2D eigenvalue weighted by Gasteiger charge is 2.55. The second kappa shape index (κ2) is 14.6. The Hall–Kier alpha value is -5.20. The van der Waals surface area contributed by atoms with Crippen LogP contribution in [0.1, 0.15) is 71.3 Å². The highest BCUT2D eigenvalue weighted by molar-refractivity contribution is 6.33. The fourth-order valence-electron chi connectivity index (χ4n) is 6.02. The van der Waals surface area contributed by atoms with Gasteiger partial charge in [-0.05, 0) is 54.5 Å². The van der Waals surface area contributed by atoms with E-state index in [1.165, 1.54) is 24.4 Å². The fraction of sp³-hybridized carbons (Fsp3) is 0.412. The molecular formula is C34H35ClF7N9O3. The molecule has 54 heavy (non-hydrogen) atoms. The normalized spacial score (nSPS) is 17.4. The van der Waals surface area contributed by atoms with E-state index >= 15 is 0 Å². The number of benzene rings is 2. The number of alkyl carbamates (subject to hydrolysis) is 1. The van der Waals surface area contributed by atoms with Gasteiger partial charge in [0.05, 0.1) is 17.3 Å². The molecular weight excluding hydrogens is 751 g/mol. The number of nitrogens with zero attached hydrogens (tertiary/aromatic N) is 6. The van der Waals surface area contributed by atoms with Crippen molar-refractivity contribution in [1.82, 2.24) is 40.1 Å². The summed E-state index contributed by atoms with van der Waals surface area (Å²) in [6.07, 6.45) is -2.99. The molecule has 2 aromatic heterocycles. The van der Waals surface area contributed by atoms with Crippen LogP contribution in [0.3, 0.4) is 0 Å². The van der Waals surface area contributed by atoms with E-state index in [-0.39, 0.29) is 28.4 Å². The Bertz CT molecular complexity index is 2030. The van der Waals surface area contributed by atoms with Crippen LogP contribution in [0.25, 0.3) is 22.5 Å². The number of carbonyl (C=O) groups excluding carboxylic acids is 2. The molecule has 3 heterocycles. The molecule has 1 aliphatic heterocycles. The van der Waals surface area contributed by atoms with Crippen molar-refractivity contribution in [1.29, 1.82) is 5.41 Å². The second-order valence-corrected chi connectivity index (χ2v) is 14.7. The Morgan fingerprint density at radius 1 is 1.00 bits per heavy atom. The Morgan fingerprint density at radius 3 is 2.24 bits per heavy atom. The standard InChI is InChI=1S/C34H35ClF7N9O3/c1-31(2,3)16-33(21-9-6-18(7-10-21)20-13-45-49(14-20)27(36)37)26(52)50(29(43)47-33)24(15-54-30(53)48-32(4,5)34(40,41)42)19-8-11-23(35)22(12-19)25-44-17-46-51(25)28(38)39/h6-14,17,24,27-28H,15-16H2,1-5H3,(H2,43,47)(H,48,53)/t24-,33-/m1/s1. The topological polar surface area (TPSA) is 143 Å². The first-order valence-electron chi connectivity index (χ1n) is 16.2. The van der Waals surface area contributed by atoms with Crippen LogP contribution < -0.4 is 10.6 Å². The molecule has 0 aliphatic carbocycles. The fourth-order valence-corrected chi connectivity index (χ4v) is 6.22. The van der Waals surface area contributed by atoms with E-state index in [0.717, 1.165) is 31.3 Å². The summed E-state index contributed by atoms with van der Waals surface area (Å²) < 4.78 is 101. The number of halogens is 8. The van der Waals surface area contributed by atoms with Gasteiger partial charge in [-0.2, -0.15) is 45.6 Å². The van der Waals surface area contributed by atoms with Crippen molar-refractivity contribution in [2.45, 2.75) is 77.4 Å². The zero-order valence-corrected chi connectivity index (χ0v) is 30.1. The van der Waals surface area contributed by atoms with Crippen molar-refractivity contribution < 1.29 is 45.1 Å². The number of guanidine groups is 1. The summed E-state index contributed by atoms with van der Waals surface area (Å²) in [7, 11) is 0. The van der Waals surface area contributed by atoms with Gasteiger partial charge >= 0.3 is 25.4 Å². The quantitative estimate of drug-likeness (QED) is 0.131. The first-order valence-corrected chi connectivity index (χ1v) is 16.6. The van der Waals surface area contributed by atoms with Crippen LogP contribution >= 0.6 is 11.6 Å². The van der Waals surface area contributed by atoms with Gasteiger partial charge in [-0.25, -0.2) is 14.5 Å². The number of aromatic nitrogens is 5. The Morgan fingerprint density at radius 2 is 1.67 bits per heavy atom. The van der Waals surface area contributed by atoms with Gasteiger partial charge in [0.15, 0.2) is 11.8 Å². The molecule has 4 aromatic rings. The van der Waals surface area contributed by atoms with Gasteiger partial charge in [0.2, 0.25) is 0 Å². The monoisotopic (exact) mass is 785 g/mol. The average molecular weight is 786 g/mol. The number of hydrogen-bond donors (Lipinski definition) is 3. The number of ether oxygens (including phenoxy) is 1. The summed E-state index contributed by atoms with van der Waals surface area (Å²) in [6.45, 7) is 0.196. The number of amides is 2. The number of alkyl halides is 7. The van der Waals surface area contributed by atoms with Crippen LogP contribution in [0.2, 0.25) is 5.02 Å². The first-order chi connectivity index (χ1) is 25.0. The van der Waals surface area contributed by atoms with Gasteiger partial charge in [0.1, 0.15) is 24.0 Å². The van der Waals surface area contributed by atoms with Crippen molar-refractivity contribution in [3.05, 3.63) is 77.3 Å². The van der Waals surface area contributed by atoms with Gasteiger partial charge in [-0.3, -0.25) is 15.1 Å². The maximum absolute atomic E-state index is 14.9. The minimum Gasteiger partial charge on any atom is -0.447 e. The number of rotatable bonds is 11. The summed E-state index contributed by atoms with van der Waals surface area (Å²) >= 11 is 6.40. The Balaban J connectivity index is 1.58. The van der Waals surface area contributed by atoms with E-state index < -0.39 is 66.4 Å². The smallest absolute Gasteiger partial charge is 0.411 e. The summed E-state index contributed by atoms with van der Waals surface area (Å²) in [6, 6.07) is 8.85. The lowest BCUT2D eigenvalue weighted by molar-refractivity contribution is -0.183. The van der Waals surface area contributed by atoms with E-state index in [9.17, 15) is 40.3 Å². The van der Waals surface area contributed by atoms with Crippen molar-refractivity contribution in [2.75, 3.05) is 6.61 Å². The number of nitrogens with one attached hydrogen (secondary N) is 3. The summed E-state index contributed by atoms with van der Waals surface area (Å²) in [5.41, 5.74) is -3.70. The zero-order chi connectivity index (χ0) is 40.0. The van der Waals surface area contributed by atoms with Crippen LogP contribution in [0.15, 0.2) is 61.2 Å². The predicted octanol–water partition coefficient (Wildman–Crippen LogP) is 8.06. The van der Waals surface area contributed by atoms with Gasteiger partial charge in [-0.15, -0.1) is 0 Å². The molecule has 0 spiro atoms. The highest BCUT2D eigenvalue weighted by Crippen LogP contribution is 2.43. The van der Waals surface area contributed by atoms with E-state index in [1.807, 2.05) is 20.8 Å². The molecule has 2 atom stereocenters. The van der Waals surface area contributed by atoms with Crippen LogP contribution in [-0.4, -0.2) is 65.7 Å². The average Bonchev–Trinajstić information content (AvgIpc) is 3.81. The third-order valence-corrected chi connectivity index (χ3v) is 8.98. The molecule has 3 N–H and O–H groups in total. The number of hydrogen-bond acceptors (Lipinski definition) is 7. The summed E-state index contributed by atoms with van der Waals surface area (Å²) in [5, 5.41) is 20.9. The molecule has 5 rings (SSSR count). The van der Waals surface area contributed by atoms with Crippen molar-refractivity contribution in [3.8, 4) is 22.5 Å².